The van der Waals surface area contributed by atoms with Gasteiger partial charge in [0.05, 0.1) is 19.1 Å². The summed E-state index contributed by atoms with van der Waals surface area (Å²) in [5.74, 6) is -0.736. The molecule has 2 rings (SSSR count). The molecule has 0 fully saturated rings. The van der Waals surface area contributed by atoms with Crippen LogP contribution < -0.4 is 14.4 Å². The Morgan fingerprint density at radius 3 is 2.18 bits per heavy atom. The molecule has 2 aromatic rings. The first-order chi connectivity index (χ1) is 16.1. The zero-order chi connectivity index (χ0) is 25.3. The molecule has 0 spiro atoms. The Bertz CT molecular complexity index is 1060. The summed E-state index contributed by atoms with van der Waals surface area (Å²) in [6.45, 7) is 3.75. The third-order valence-electron chi connectivity index (χ3n) is 5.24. The number of hydrogen-bond acceptors (Lipinski definition) is 5. The van der Waals surface area contributed by atoms with Crippen LogP contribution in [0.1, 0.15) is 32.3 Å². The molecule has 0 saturated carbocycles. The maximum Gasteiger partial charge on any atom is 0.244 e. The normalized spacial score (nSPS) is 12.0. The third-order valence-corrected chi connectivity index (χ3v) is 6.38. The first-order valence-electron chi connectivity index (χ1n) is 11.0. The maximum atomic E-state index is 13.5. The molecular weight excluding hydrogens is 461 g/mol. The molecule has 1 N–H and O–H groups in total. The molecule has 10 heteroatoms. The summed E-state index contributed by atoms with van der Waals surface area (Å²) in [6, 6.07) is 11.1. The van der Waals surface area contributed by atoms with E-state index in [9.17, 15) is 22.4 Å². The number of rotatable bonds is 12. The molecule has 1 atom stereocenters. The van der Waals surface area contributed by atoms with E-state index in [0.29, 0.717) is 18.7 Å². The molecule has 0 aromatic heterocycles. The van der Waals surface area contributed by atoms with E-state index in [1.165, 1.54) is 17.0 Å². The number of nitrogens with one attached hydrogen (secondary N) is 1. The first kappa shape index (κ1) is 27.1. The second-order valence-electron chi connectivity index (χ2n) is 7.83. The van der Waals surface area contributed by atoms with E-state index >= 15 is 0 Å². The molecule has 186 valence electrons. The Morgan fingerprint density at radius 2 is 1.68 bits per heavy atom. The van der Waals surface area contributed by atoms with Gasteiger partial charge in [0.1, 0.15) is 24.2 Å². The summed E-state index contributed by atoms with van der Waals surface area (Å²) >= 11 is 0. The summed E-state index contributed by atoms with van der Waals surface area (Å²) in [5, 5.41) is 2.82. The van der Waals surface area contributed by atoms with Crippen LogP contribution in [0.4, 0.5) is 10.1 Å². The van der Waals surface area contributed by atoms with Gasteiger partial charge in [0.25, 0.3) is 0 Å². The van der Waals surface area contributed by atoms with Gasteiger partial charge in [0.15, 0.2) is 0 Å². The lowest BCUT2D eigenvalue weighted by Gasteiger charge is -2.32. The highest BCUT2D eigenvalue weighted by Crippen LogP contribution is 2.21. The predicted octanol–water partition coefficient (Wildman–Crippen LogP) is 2.93. The number of benzene rings is 2. The lowest BCUT2D eigenvalue weighted by Crippen LogP contribution is -2.52. The topological polar surface area (TPSA) is 96.0 Å². The molecule has 2 aromatic carbocycles. The van der Waals surface area contributed by atoms with Crippen LogP contribution in [-0.4, -0.2) is 57.6 Å². The summed E-state index contributed by atoms with van der Waals surface area (Å²) in [7, 11) is -2.31. The van der Waals surface area contributed by atoms with Gasteiger partial charge in [-0.3, -0.25) is 13.9 Å². The molecule has 0 saturated heterocycles. The van der Waals surface area contributed by atoms with Gasteiger partial charge in [-0.2, -0.15) is 0 Å². The first-order valence-corrected chi connectivity index (χ1v) is 12.9. The number of hydrogen-bond donors (Lipinski definition) is 1. The van der Waals surface area contributed by atoms with Crippen molar-refractivity contribution < 1.29 is 27.1 Å². The van der Waals surface area contributed by atoms with Crippen LogP contribution in [0, 0.1) is 5.82 Å². The zero-order valence-electron chi connectivity index (χ0n) is 20.0. The van der Waals surface area contributed by atoms with Gasteiger partial charge in [-0.1, -0.05) is 26.0 Å². The number of anilines is 1. The Balaban J connectivity index is 2.40. The van der Waals surface area contributed by atoms with Gasteiger partial charge >= 0.3 is 0 Å². The second-order valence-corrected chi connectivity index (χ2v) is 9.74. The van der Waals surface area contributed by atoms with Crippen molar-refractivity contribution in [3.8, 4) is 5.75 Å². The van der Waals surface area contributed by atoms with Crippen LogP contribution >= 0.6 is 0 Å². The average molecular weight is 494 g/mol. The summed E-state index contributed by atoms with van der Waals surface area (Å²) in [4.78, 5) is 27.7. The van der Waals surface area contributed by atoms with Gasteiger partial charge in [-0.15, -0.1) is 0 Å². The fraction of sp³-hybridized carbons (Fsp3) is 0.417. The number of methoxy groups -OCH3 is 1. The van der Waals surface area contributed by atoms with E-state index in [0.717, 1.165) is 34.7 Å². The standard InChI is InChI=1S/C24H32FN3O5S/c1-5-15-26-24(30)22(6-2)27(16-18-7-13-21(33-3)14-8-18)23(29)17-28(34(4,31)32)20-11-9-19(25)10-12-20/h7-14,22H,5-6,15-17H2,1-4H3,(H,26,30)/t22-/m1/s1. The second kappa shape index (κ2) is 12.4. The smallest absolute Gasteiger partial charge is 0.244 e. The van der Waals surface area contributed by atoms with E-state index in [4.69, 9.17) is 4.74 Å². The molecule has 0 aliphatic rings. The van der Waals surface area contributed by atoms with Crippen molar-refractivity contribution in [1.82, 2.24) is 10.2 Å². The van der Waals surface area contributed by atoms with E-state index in [-0.39, 0.29) is 18.1 Å². The van der Waals surface area contributed by atoms with Crippen LogP contribution in [0.15, 0.2) is 48.5 Å². The van der Waals surface area contributed by atoms with E-state index in [2.05, 4.69) is 5.32 Å². The molecule has 0 radical (unpaired) electrons. The van der Waals surface area contributed by atoms with Crippen LogP contribution in [0.3, 0.4) is 0 Å². The van der Waals surface area contributed by atoms with Crippen LogP contribution in [0.25, 0.3) is 0 Å². The van der Waals surface area contributed by atoms with Crippen molar-refractivity contribution in [2.24, 2.45) is 0 Å². The number of ether oxygens (including phenoxy) is 1. The summed E-state index contributed by atoms with van der Waals surface area (Å²) in [6.07, 6.45) is 2.05. The Hall–Kier alpha value is -3.14. The minimum atomic E-state index is -3.86. The summed E-state index contributed by atoms with van der Waals surface area (Å²) in [5.41, 5.74) is 0.911. The highest BCUT2D eigenvalue weighted by Gasteiger charge is 2.31. The number of nitrogens with zero attached hydrogens (tertiary/aromatic N) is 2. The SMILES string of the molecule is CCCNC(=O)[C@@H](CC)N(Cc1ccc(OC)cc1)C(=O)CN(c1ccc(F)cc1)S(C)(=O)=O. The molecule has 2 amide bonds. The number of amides is 2. The van der Waals surface area contributed by atoms with E-state index in [1.807, 2.05) is 6.92 Å². The van der Waals surface area contributed by atoms with E-state index in [1.54, 1.807) is 38.3 Å². The van der Waals surface area contributed by atoms with Crippen molar-refractivity contribution >= 4 is 27.5 Å². The van der Waals surface area contributed by atoms with Crippen molar-refractivity contribution in [2.45, 2.75) is 39.3 Å². The molecule has 0 aliphatic carbocycles. The van der Waals surface area contributed by atoms with Crippen molar-refractivity contribution in [3.63, 3.8) is 0 Å². The molecule has 0 aliphatic heterocycles. The number of carbonyl (C=O) groups excluding carboxylic acids is 2. The average Bonchev–Trinajstić information content (AvgIpc) is 2.81. The van der Waals surface area contributed by atoms with Gasteiger partial charge in [-0.05, 0) is 54.8 Å². The molecule has 0 heterocycles. The molecule has 0 unspecified atom stereocenters. The minimum Gasteiger partial charge on any atom is -0.497 e. The van der Waals surface area contributed by atoms with Crippen LogP contribution in [0.5, 0.6) is 5.75 Å². The van der Waals surface area contributed by atoms with Crippen molar-refractivity contribution in [1.29, 1.82) is 0 Å². The number of sulfonamides is 1. The highest BCUT2D eigenvalue weighted by molar-refractivity contribution is 7.92. The molecule has 0 bridgehead atoms. The molecular formula is C24H32FN3O5S. The number of halogens is 1. The predicted molar refractivity (Wildman–Crippen MR) is 130 cm³/mol. The monoisotopic (exact) mass is 493 g/mol. The quantitative estimate of drug-likeness (QED) is 0.491. The Labute approximate surface area is 200 Å². The zero-order valence-corrected chi connectivity index (χ0v) is 20.8. The molecule has 8 nitrogen and oxygen atoms in total. The highest BCUT2D eigenvalue weighted by atomic mass is 32.2. The minimum absolute atomic E-state index is 0.0991. The Morgan fingerprint density at radius 1 is 1.06 bits per heavy atom. The maximum absolute atomic E-state index is 13.5. The van der Waals surface area contributed by atoms with Crippen molar-refractivity contribution in [3.05, 3.63) is 59.9 Å². The van der Waals surface area contributed by atoms with Crippen LogP contribution in [0.2, 0.25) is 0 Å². The van der Waals surface area contributed by atoms with Gasteiger partial charge in [0, 0.05) is 13.1 Å². The fourth-order valence-corrected chi connectivity index (χ4v) is 4.28. The fourth-order valence-electron chi connectivity index (χ4n) is 3.43. The van der Waals surface area contributed by atoms with Crippen molar-refractivity contribution in [2.75, 3.05) is 30.8 Å². The van der Waals surface area contributed by atoms with Crippen LogP contribution in [-0.2, 0) is 26.2 Å². The number of carbonyl (C=O) groups is 2. The third kappa shape index (κ3) is 7.44. The van der Waals surface area contributed by atoms with Gasteiger partial charge < -0.3 is 15.0 Å². The van der Waals surface area contributed by atoms with Gasteiger partial charge in [0.2, 0.25) is 21.8 Å². The van der Waals surface area contributed by atoms with Gasteiger partial charge in [-0.25, -0.2) is 12.8 Å². The summed E-state index contributed by atoms with van der Waals surface area (Å²) < 4.78 is 44.4. The largest absolute Gasteiger partial charge is 0.497 e. The lowest BCUT2D eigenvalue weighted by atomic mass is 10.1. The van der Waals surface area contributed by atoms with E-state index < -0.39 is 34.3 Å². The Kier molecular flexibility index (Phi) is 9.85. The lowest BCUT2D eigenvalue weighted by molar-refractivity contribution is -0.140. The molecule has 34 heavy (non-hydrogen) atoms.